The quantitative estimate of drug-likeness (QED) is 0.0874. The number of nitrogens with zero attached hydrogens (tertiary/aromatic N) is 15. The van der Waals surface area contributed by atoms with Crippen molar-refractivity contribution in [2.24, 2.45) is 0 Å². The largest absolute Gasteiger partial charge is 0.456 e. The van der Waals surface area contributed by atoms with Gasteiger partial charge in [0.15, 0.2) is 58.2 Å². The Bertz CT molecular complexity index is 8290. The van der Waals surface area contributed by atoms with Crippen LogP contribution in [-0.2, 0) is 0 Å². The van der Waals surface area contributed by atoms with E-state index in [1.165, 1.54) is 25.7 Å². The van der Waals surface area contributed by atoms with Crippen LogP contribution in [0.15, 0.2) is 389 Å². The molecule has 0 atom stereocenters. The molecule has 0 saturated carbocycles. The Kier molecular flexibility index (Phi) is 26.0. The lowest BCUT2D eigenvalue weighted by Crippen LogP contribution is -2.04. The van der Waals surface area contributed by atoms with Gasteiger partial charge in [0.25, 0.3) is 0 Å². The molecular weight excluding hydrogens is 1730 g/mol. The van der Waals surface area contributed by atoms with Gasteiger partial charge >= 0.3 is 0 Å². The number of aromatic nitrogens is 15. The maximum absolute atomic E-state index is 6.04. The number of fused-ring (bicyclic) bond motifs is 12. The first-order chi connectivity index (χ1) is 68.0. The summed E-state index contributed by atoms with van der Waals surface area (Å²) >= 11 is 1.81. The van der Waals surface area contributed by atoms with Gasteiger partial charge in [0.1, 0.15) is 62.6 Å². The van der Waals surface area contributed by atoms with Crippen LogP contribution in [0, 0.1) is 0 Å². The molecule has 676 valence electrons. The average molecular weight is 1830 g/mol. The highest BCUT2D eigenvalue weighted by molar-refractivity contribution is 7.25. The molecule has 0 amide bonds. The average Bonchev–Trinajstić information content (AvgIpc) is 1.66. The monoisotopic (exact) mass is 1830 g/mol. The molecule has 15 aromatic carbocycles. The maximum Gasteiger partial charge on any atom is 0.164 e. The van der Waals surface area contributed by atoms with Crippen molar-refractivity contribution in [3.8, 4) is 125 Å². The molecule has 24 rings (SSSR count). The third-order valence-electron chi connectivity index (χ3n) is 23.8. The van der Waals surface area contributed by atoms with Crippen LogP contribution < -0.4 is 0 Å². The van der Waals surface area contributed by atoms with Crippen molar-refractivity contribution in [3.63, 3.8) is 0 Å². The summed E-state index contributed by atoms with van der Waals surface area (Å²) in [6, 6.07) is 127. The van der Waals surface area contributed by atoms with Crippen molar-refractivity contribution in [1.29, 1.82) is 0 Å². The summed E-state index contributed by atoms with van der Waals surface area (Å²) < 4.78 is 20.6. The summed E-state index contributed by atoms with van der Waals surface area (Å²) in [5, 5.41) is 9.08. The number of hydrogen-bond donors (Lipinski definition) is 0. The Morgan fingerprint density at radius 2 is 0.439 bits per heavy atom. The van der Waals surface area contributed by atoms with Crippen molar-refractivity contribution in [1.82, 2.24) is 74.8 Å². The van der Waals surface area contributed by atoms with Crippen LogP contribution in [0.1, 0.15) is 128 Å². The number of para-hydroxylation sites is 3. The van der Waals surface area contributed by atoms with Crippen LogP contribution in [0.3, 0.4) is 0 Å². The minimum atomic E-state index is 0.199. The lowest BCUT2D eigenvalue weighted by atomic mass is 10.0. The van der Waals surface area contributed by atoms with E-state index in [0.29, 0.717) is 40.8 Å². The standard InChI is InChI=1S/3C24H19N3O.C24H19N3S.C24H21N3/c1-15(2)22-25-23(16-9-4-3-5-10-16)27-24(26-22)18-12-8-14-20-21(18)17-11-6-7-13-19(17)28-20;1-15(2)22-25-23(16-8-4-3-5-9-16)27-24(26-22)17-12-13-21-19(14-17)18-10-6-7-11-20(18)28-21;2*1-15(2)22-25-23(16-8-4-3-5-9-16)27-24(26-22)17-12-13-19-18-10-6-7-11-20(18)28-21(19)14-17;1-17(2)22-25-23(19-12-7-4-8-13-19)27-24(26-22)21-15-9-14-20(16-21)18-10-5-3-6-11-18/h4*3-15H,1-2H3;3-17H,1-2H3. The predicted molar refractivity (Wildman–Crippen MR) is 564 cm³/mol. The van der Waals surface area contributed by atoms with Gasteiger partial charge in [-0.2, -0.15) is 0 Å². The van der Waals surface area contributed by atoms with Crippen LogP contribution in [0.5, 0.6) is 0 Å². The lowest BCUT2D eigenvalue weighted by molar-refractivity contribution is 0.668. The van der Waals surface area contributed by atoms with Gasteiger partial charge in [-0.15, -0.1) is 11.3 Å². The number of benzene rings is 15. The zero-order valence-corrected chi connectivity index (χ0v) is 79.3. The van der Waals surface area contributed by atoms with Gasteiger partial charge in [-0.25, -0.2) is 74.8 Å². The molecule has 18 nitrogen and oxygen atoms in total. The lowest BCUT2D eigenvalue weighted by Gasteiger charge is -2.10. The van der Waals surface area contributed by atoms with E-state index in [-0.39, 0.29) is 29.6 Å². The second kappa shape index (κ2) is 40.3. The van der Waals surface area contributed by atoms with Crippen LogP contribution in [-0.4, -0.2) is 74.8 Å². The minimum Gasteiger partial charge on any atom is -0.456 e. The first kappa shape index (κ1) is 89.8. The fourth-order valence-corrected chi connectivity index (χ4v) is 17.6. The third kappa shape index (κ3) is 19.8. The van der Waals surface area contributed by atoms with Crippen molar-refractivity contribution < 1.29 is 13.3 Å². The summed E-state index contributed by atoms with van der Waals surface area (Å²) in [5.74, 6) is 12.1. The molecular formula is C120H97N15O3S. The molecule has 0 aliphatic heterocycles. The molecule has 24 aromatic rings. The molecule has 139 heavy (non-hydrogen) atoms. The number of furan rings is 3. The molecule has 9 aromatic heterocycles. The molecule has 0 unspecified atom stereocenters. The van der Waals surface area contributed by atoms with Gasteiger partial charge in [-0.3, -0.25) is 0 Å². The second-order valence-electron chi connectivity index (χ2n) is 35.5. The fraction of sp³-hybridized carbons (Fsp3) is 0.125. The third-order valence-corrected chi connectivity index (χ3v) is 24.9. The van der Waals surface area contributed by atoms with E-state index in [0.717, 1.165) is 174 Å². The molecule has 0 aliphatic carbocycles. The highest BCUT2D eigenvalue weighted by Crippen LogP contribution is 2.41. The molecule has 0 bridgehead atoms. The van der Waals surface area contributed by atoms with Crippen LogP contribution >= 0.6 is 11.3 Å². The van der Waals surface area contributed by atoms with Crippen molar-refractivity contribution >= 4 is 97.3 Å². The SMILES string of the molecule is CC(C)c1nc(-c2ccccc2)nc(-c2ccc3c(c2)oc2ccccc23)n1.CC(C)c1nc(-c2ccccc2)nc(-c2ccc3c(c2)sc2ccccc23)n1.CC(C)c1nc(-c2ccccc2)nc(-c2ccc3oc4ccccc4c3c2)n1.CC(C)c1nc(-c2ccccc2)nc(-c2cccc(-c3ccccc3)c2)n1.CC(C)c1nc(-c2ccccc2)nc(-c2cccc3oc4ccccc4c23)n1. The summed E-state index contributed by atoms with van der Waals surface area (Å²) in [4.78, 5) is 71.2. The minimum absolute atomic E-state index is 0.199. The van der Waals surface area contributed by atoms with Crippen molar-refractivity contribution in [2.45, 2.75) is 98.8 Å². The van der Waals surface area contributed by atoms with Crippen molar-refractivity contribution in [3.05, 3.63) is 405 Å². The first-order valence-electron chi connectivity index (χ1n) is 46.9. The molecule has 0 fully saturated rings. The summed E-state index contributed by atoms with van der Waals surface area (Å²) in [5.41, 5.74) is 17.4. The van der Waals surface area contributed by atoms with Gasteiger partial charge in [-0.05, 0) is 83.9 Å². The predicted octanol–water partition coefficient (Wildman–Crippen LogP) is 31.4. The Hall–Kier alpha value is -17.0. The molecule has 0 radical (unpaired) electrons. The summed E-state index contributed by atoms with van der Waals surface area (Å²) in [6.07, 6.45) is 0. The number of hydrogen-bond acceptors (Lipinski definition) is 19. The Morgan fingerprint density at radius 1 is 0.165 bits per heavy atom. The molecule has 0 saturated heterocycles. The van der Waals surface area contributed by atoms with Gasteiger partial charge in [0.2, 0.25) is 0 Å². The highest BCUT2D eigenvalue weighted by atomic mass is 32.1. The topological polar surface area (TPSA) is 233 Å². The van der Waals surface area contributed by atoms with Gasteiger partial charge in [0.05, 0.1) is 0 Å². The van der Waals surface area contributed by atoms with Gasteiger partial charge in [-0.1, -0.05) is 373 Å². The van der Waals surface area contributed by atoms with Crippen LogP contribution in [0.2, 0.25) is 0 Å². The van der Waals surface area contributed by atoms with E-state index in [4.69, 9.17) is 78.0 Å². The van der Waals surface area contributed by atoms with Gasteiger partial charge in [0, 0.05) is 138 Å². The van der Waals surface area contributed by atoms with E-state index >= 15 is 0 Å². The maximum atomic E-state index is 6.04. The van der Waals surface area contributed by atoms with E-state index in [1.807, 2.05) is 254 Å². The van der Waals surface area contributed by atoms with Gasteiger partial charge < -0.3 is 13.3 Å². The zero-order valence-electron chi connectivity index (χ0n) is 78.5. The van der Waals surface area contributed by atoms with Crippen LogP contribution in [0.4, 0.5) is 0 Å². The summed E-state index contributed by atoms with van der Waals surface area (Å²) in [7, 11) is 0. The Morgan fingerprint density at radius 3 is 0.885 bits per heavy atom. The number of thiophene rings is 1. The van der Waals surface area contributed by atoms with Crippen molar-refractivity contribution in [2.75, 3.05) is 0 Å². The van der Waals surface area contributed by atoms with E-state index < -0.39 is 0 Å². The molecule has 19 heteroatoms. The normalized spacial score (nSPS) is 11.4. The molecule has 0 aliphatic rings. The molecule has 0 N–H and O–H groups in total. The fourth-order valence-electron chi connectivity index (χ4n) is 16.5. The number of rotatable bonds is 16. The van der Waals surface area contributed by atoms with E-state index in [9.17, 15) is 0 Å². The molecule has 0 spiro atoms. The van der Waals surface area contributed by atoms with Crippen LogP contribution in [0.25, 0.3) is 211 Å². The highest BCUT2D eigenvalue weighted by Gasteiger charge is 2.23. The zero-order chi connectivity index (χ0) is 95.0. The van der Waals surface area contributed by atoms with E-state index in [2.05, 4.69) is 213 Å². The first-order valence-corrected chi connectivity index (χ1v) is 47.7. The Labute approximate surface area is 809 Å². The van der Waals surface area contributed by atoms with E-state index in [1.54, 1.807) is 0 Å². The molecule has 9 heterocycles. The second-order valence-corrected chi connectivity index (χ2v) is 36.5. The summed E-state index contributed by atoms with van der Waals surface area (Å²) in [6.45, 7) is 21.0. The Balaban J connectivity index is 0.000000107. The smallest absolute Gasteiger partial charge is 0.164 e.